The molecule has 0 spiro atoms. The topological polar surface area (TPSA) is 32.3 Å². The third-order valence-corrected chi connectivity index (χ3v) is 4.20. The predicted molar refractivity (Wildman–Crippen MR) is 82.6 cm³/mol. The molecule has 112 valence electrons. The summed E-state index contributed by atoms with van der Waals surface area (Å²) in [6.45, 7) is 9.08. The minimum absolute atomic E-state index is 0.705. The molecule has 1 aliphatic heterocycles. The number of rotatable bonds is 7. The Balaban J connectivity index is 1.75. The molecule has 1 fully saturated rings. The maximum Gasteiger partial charge on any atom is 0.128 e. The van der Waals surface area contributed by atoms with Crippen molar-refractivity contribution in [3.8, 4) is 0 Å². The van der Waals surface area contributed by atoms with Crippen LogP contribution in [0.25, 0.3) is 0 Å². The molecule has 4 nitrogen and oxygen atoms in total. The number of aryl methyl sites for hydroxylation is 1. The molecule has 2 heterocycles. The highest BCUT2D eigenvalue weighted by atomic mass is 15.2. The highest BCUT2D eigenvalue weighted by Crippen LogP contribution is 2.14. The summed E-state index contributed by atoms with van der Waals surface area (Å²) in [4.78, 5) is 13.8. The zero-order valence-electron chi connectivity index (χ0n) is 13.2. The molecular weight excluding hydrogens is 248 g/mol. The SMILES string of the molecule is CCc1nccc(CN(C)CC[C@@H](C)N2CCCC2)n1. The van der Waals surface area contributed by atoms with E-state index in [0.29, 0.717) is 6.04 Å². The van der Waals surface area contributed by atoms with Crippen molar-refractivity contribution in [2.45, 2.75) is 52.1 Å². The van der Waals surface area contributed by atoms with Gasteiger partial charge in [0.25, 0.3) is 0 Å². The molecule has 0 N–H and O–H groups in total. The van der Waals surface area contributed by atoms with E-state index >= 15 is 0 Å². The van der Waals surface area contributed by atoms with Crippen LogP contribution >= 0.6 is 0 Å². The predicted octanol–water partition coefficient (Wildman–Crippen LogP) is 2.35. The summed E-state index contributed by atoms with van der Waals surface area (Å²) in [7, 11) is 2.18. The molecule has 1 aliphatic rings. The third kappa shape index (κ3) is 4.53. The third-order valence-electron chi connectivity index (χ3n) is 4.20. The van der Waals surface area contributed by atoms with E-state index in [4.69, 9.17) is 0 Å². The molecule has 0 unspecified atom stereocenters. The molecule has 1 saturated heterocycles. The number of hydrogen-bond acceptors (Lipinski definition) is 4. The Morgan fingerprint density at radius 3 is 2.80 bits per heavy atom. The van der Waals surface area contributed by atoms with Crippen LogP contribution in [0.5, 0.6) is 0 Å². The van der Waals surface area contributed by atoms with Crippen molar-refractivity contribution in [3.63, 3.8) is 0 Å². The molecule has 0 aliphatic carbocycles. The first-order valence-electron chi connectivity index (χ1n) is 7.92. The van der Waals surface area contributed by atoms with Gasteiger partial charge in [-0.2, -0.15) is 0 Å². The fraction of sp³-hybridized carbons (Fsp3) is 0.750. The Morgan fingerprint density at radius 1 is 1.35 bits per heavy atom. The van der Waals surface area contributed by atoms with E-state index in [1.807, 2.05) is 12.3 Å². The molecule has 1 aromatic heterocycles. The lowest BCUT2D eigenvalue weighted by Gasteiger charge is -2.26. The first-order valence-corrected chi connectivity index (χ1v) is 7.92. The summed E-state index contributed by atoms with van der Waals surface area (Å²) in [5.74, 6) is 0.946. The second-order valence-electron chi connectivity index (χ2n) is 5.94. The Bertz CT molecular complexity index is 401. The van der Waals surface area contributed by atoms with Gasteiger partial charge in [-0.1, -0.05) is 6.92 Å². The Labute approximate surface area is 123 Å². The van der Waals surface area contributed by atoms with E-state index in [0.717, 1.165) is 31.0 Å². The maximum atomic E-state index is 4.57. The Kier molecular flexibility index (Phi) is 5.92. The molecule has 20 heavy (non-hydrogen) atoms. The van der Waals surface area contributed by atoms with Gasteiger partial charge >= 0.3 is 0 Å². The van der Waals surface area contributed by atoms with Crippen molar-refractivity contribution >= 4 is 0 Å². The Morgan fingerprint density at radius 2 is 2.10 bits per heavy atom. The molecule has 1 aromatic rings. The van der Waals surface area contributed by atoms with Gasteiger partial charge in [0.2, 0.25) is 0 Å². The van der Waals surface area contributed by atoms with Gasteiger partial charge in [0.15, 0.2) is 0 Å². The zero-order valence-corrected chi connectivity index (χ0v) is 13.2. The second kappa shape index (κ2) is 7.70. The Hall–Kier alpha value is -1.00. The monoisotopic (exact) mass is 276 g/mol. The van der Waals surface area contributed by atoms with E-state index in [-0.39, 0.29) is 0 Å². The van der Waals surface area contributed by atoms with Crippen LogP contribution in [-0.2, 0) is 13.0 Å². The van der Waals surface area contributed by atoms with Gasteiger partial charge in [-0.15, -0.1) is 0 Å². The zero-order chi connectivity index (χ0) is 14.4. The fourth-order valence-corrected chi connectivity index (χ4v) is 2.83. The molecule has 0 saturated carbocycles. The summed E-state index contributed by atoms with van der Waals surface area (Å²) in [5.41, 5.74) is 1.13. The average Bonchev–Trinajstić information content (AvgIpc) is 2.99. The van der Waals surface area contributed by atoms with Gasteiger partial charge in [0, 0.05) is 25.2 Å². The van der Waals surface area contributed by atoms with Crippen LogP contribution in [0.1, 0.15) is 44.6 Å². The first kappa shape index (κ1) is 15.4. The van der Waals surface area contributed by atoms with Crippen LogP contribution in [0.4, 0.5) is 0 Å². The van der Waals surface area contributed by atoms with Crippen molar-refractivity contribution in [2.24, 2.45) is 0 Å². The van der Waals surface area contributed by atoms with Crippen LogP contribution in [0, 0.1) is 0 Å². The van der Waals surface area contributed by atoms with Crippen molar-refractivity contribution in [2.75, 3.05) is 26.7 Å². The van der Waals surface area contributed by atoms with E-state index < -0.39 is 0 Å². The van der Waals surface area contributed by atoms with Gasteiger partial charge in [0.05, 0.1) is 5.69 Å². The minimum Gasteiger partial charge on any atom is -0.301 e. The van der Waals surface area contributed by atoms with E-state index in [1.54, 1.807) is 0 Å². The first-order chi connectivity index (χ1) is 9.69. The molecule has 1 atom stereocenters. The molecular formula is C16H28N4. The molecule has 4 heteroatoms. The number of aromatic nitrogens is 2. The minimum atomic E-state index is 0.705. The van der Waals surface area contributed by atoms with Crippen LogP contribution in [0.15, 0.2) is 12.3 Å². The highest BCUT2D eigenvalue weighted by Gasteiger charge is 2.18. The van der Waals surface area contributed by atoms with Crippen LogP contribution in [0.3, 0.4) is 0 Å². The normalized spacial score (nSPS) is 17.8. The standard InChI is InChI=1S/C16H28N4/c1-4-16-17-9-7-15(18-16)13-19(3)12-8-14(2)20-10-5-6-11-20/h7,9,14H,4-6,8,10-13H2,1-3H3/t14-/m1/s1. The lowest BCUT2D eigenvalue weighted by atomic mass is 10.2. The quantitative estimate of drug-likeness (QED) is 0.765. The lowest BCUT2D eigenvalue weighted by molar-refractivity contribution is 0.214. The molecule has 0 amide bonds. The van der Waals surface area contributed by atoms with Crippen molar-refractivity contribution in [3.05, 3.63) is 23.8 Å². The van der Waals surface area contributed by atoms with E-state index in [9.17, 15) is 0 Å². The van der Waals surface area contributed by atoms with Gasteiger partial charge in [-0.3, -0.25) is 0 Å². The van der Waals surface area contributed by atoms with Crippen LogP contribution in [0.2, 0.25) is 0 Å². The lowest BCUT2D eigenvalue weighted by Crippen LogP contribution is -2.33. The van der Waals surface area contributed by atoms with Gasteiger partial charge in [0.1, 0.15) is 5.82 Å². The fourth-order valence-electron chi connectivity index (χ4n) is 2.83. The van der Waals surface area contributed by atoms with Crippen LogP contribution in [-0.4, -0.2) is 52.5 Å². The molecule has 0 aromatic carbocycles. The molecule has 0 radical (unpaired) electrons. The molecule has 2 rings (SSSR count). The smallest absolute Gasteiger partial charge is 0.128 e. The van der Waals surface area contributed by atoms with E-state index in [2.05, 4.69) is 40.7 Å². The average molecular weight is 276 g/mol. The van der Waals surface area contributed by atoms with Crippen LogP contribution < -0.4 is 0 Å². The van der Waals surface area contributed by atoms with Crippen molar-refractivity contribution < 1.29 is 0 Å². The summed E-state index contributed by atoms with van der Waals surface area (Å²) >= 11 is 0. The van der Waals surface area contributed by atoms with E-state index in [1.165, 1.54) is 32.4 Å². The summed E-state index contributed by atoms with van der Waals surface area (Å²) in [6, 6.07) is 2.73. The number of hydrogen-bond donors (Lipinski definition) is 0. The van der Waals surface area contributed by atoms with Gasteiger partial charge in [-0.25, -0.2) is 9.97 Å². The second-order valence-corrected chi connectivity index (χ2v) is 5.94. The number of nitrogens with zero attached hydrogens (tertiary/aromatic N) is 4. The summed E-state index contributed by atoms with van der Waals surface area (Å²) in [6.07, 6.45) is 6.77. The van der Waals surface area contributed by atoms with Gasteiger partial charge < -0.3 is 9.80 Å². The number of likely N-dealkylation sites (tertiary alicyclic amines) is 1. The summed E-state index contributed by atoms with van der Waals surface area (Å²) < 4.78 is 0. The largest absolute Gasteiger partial charge is 0.301 e. The van der Waals surface area contributed by atoms with Crippen molar-refractivity contribution in [1.82, 2.24) is 19.8 Å². The molecule has 0 bridgehead atoms. The highest BCUT2D eigenvalue weighted by molar-refractivity contribution is 5.02. The van der Waals surface area contributed by atoms with Gasteiger partial charge in [-0.05, 0) is 58.9 Å². The summed E-state index contributed by atoms with van der Waals surface area (Å²) in [5, 5.41) is 0. The van der Waals surface area contributed by atoms with Crippen molar-refractivity contribution in [1.29, 1.82) is 0 Å². The maximum absolute atomic E-state index is 4.57.